The van der Waals surface area contributed by atoms with Gasteiger partial charge in [-0.3, -0.25) is 0 Å². The van der Waals surface area contributed by atoms with Crippen molar-refractivity contribution in [3.05, 3.63) is 12.1 Å². The van der Waals surface area contributed by atoms with Crippen LogP contribution in [-0.4, -0.2) is 41.0 Å². The molecule has 0 saturated carbocycles. The Bertz CT molecular complexity index is 384. The number of hydrogen-bond acceptors (Lipinski definition) is 5. The highest BCUT2D eigenvalue weighted by Crippen LogP contribution is 2.40. The van der Waals surface area contributed by atoms with Gasteiger partial charge in [0.15, 0.2) is 11.5 Å². The monoisotopic (exact) mass is 297 g/mol. The zero-order valence-corrected chi connectivity index (χ0v) is 13.5. The van der Waals surface area contributed by atoms with Gasteiger partial charge in [-0.2, -0.15) is 0 Å². The summed E-state index contributed by atoms with van der Waals surface area (Å²) in [5.74, 6) is 2.48. The topological polar surface area (TPSA) is 49.0 Å². The number of hydrogen-bond donors (Lipinski definition) is 1. The maximum absolute atomic E-state index is 5.72. The van der Waals surface area contributed by atoms with Crippen LogP contribution < -0.4 is 24.3 Å². The first kappa shape index (κ1) is 17.4. The molecule has 0 fully saturated rings. The second-order valence-electron chi connectivity index (χ2n) is 4.67. The Morgan fingerprint density at radius 3 is 2.10 bits per heavy atom. The lowest BCUT2D eigenvalue weighted by Crippen LogP contribution is -2.22. The van der Waals surface area contributed by atoms with Crippen molar-refractivity contribution in [3.8, 4) is 23.0 Å². The van der Waals surface area contributed by atoms with Crippen LogP contribution in [0.15, 0.2) is 12.1 Å². The molecule has 5 nitrogen and oxygen atoms in total. The molecule has 0 atom stereocenters. The Morgan fingerprint density at radius 2 is 1.57 bits per heavy atom. The van der Waals surface area contributed by atoms with E-state index in [4.69, 9.17) is 18.9 Å². The zero-order chi connectivity index (χ0) is 15.5. The van der Waals surface area contributed by atoms with Crippen LogP contribution in [0.25, 0.3) is 0 Å². The molecular formula is C16H27NO4. The van der Waals surface area contributed by atoms with E-state index < -0.39 is 0 Å². The molecule has 1 aromatic carbocycles. The van der Waals surface area contributed by atoms with Crippen LogP contribution in [0.3, 0.4) is 0 Å². The lowest BCUT2D eigenvalue weighted by Gasteiger charge is -2.14. The van der Waals surface area contributed by atoms with Crippen molar-refractivity contribution in [2.24, 2.45) is 0 Å². The number of methoxy groups -OCH3 is 3. The Kier molecular flexibility index (Phi) is 8.43. The van der Waals surface area contributed by atoms with Crippen LogP contribution >= 0.6 is 0 Å². The molecule has 0 saturated heterocycles. The SMILES string of the molecule is CCCCCNCCOc1cc(OC)c(OC)c(OC)c1. The molecule has 0 aliphatic heterocycles. The molecule has 0 aromatic heterocycles. The van der Waals surface area contributed by atoms with Crippen molar-refractivity contribution in [1.29, 1.82) is 0 Å². The molecule has 0 aliphatic carbocycles. The molecule has 1 aromatic rings. The molecule has 120 valence electrons. The van der Waals surface area contributed by atoms with Gasteiger partial charge in [-0.15, -0.1) is 0 Å². The third-order valence-corrected chi connectivity index (χ3v) is 3.14. The first-order valence-electron chi connectivity index (χ1n) is 7.40. The molecule has 0 heterocycles. The first-order chi connectivity index (χ1) is 10.3. The van der Waals surface area contributed by atoms with Crippen LogP contribution in [0.2, 0.25) is 0 Å². The van der Waals surface area contributed by atoms with E-state index in [2.05, 4.69) is 12.2 Å². The molecular weight excluding hydrogens is 270 g/mol. The number of unbranched alkanes of at least 4 members (excludes halogenated alkanes) is 2. The molecule has 21 heavy (non-hydrogen) atoms. The van der Waals surface area contributed by atoms with Crippen molar-refractivity contribution in [2.45, 2.75) is 26.2 Å². The predicted octanol–water partition coefficient (Wildman–Crippen LogP) is 2.87. The van der Waals surface area contributed by atoms with Crippen LogP contribution in [0.5, 0.6) is 23.0 Å². The maximum atomic E-state index is 5.72. The summed E-state index contributed by atoms with van der Waals surface area (Å²) in [6, 6.07) is 3.61. The van der Waals surface area contributed by atoms with Crippen molar-refractivity contribution < 1.29 is 18.9 Å². The standard InChI is InChI=1S/C16H27NO4/c1-5-6-7-8-17-9-10-21-13-11-14(18-2)16(20-4)15(12-13)19-3/h11-12,17H,5-10H2,1-4H3. The summed E-state index contributed by atoms with van der Waals surface area (Å²) in [6.45, 7) is 4.66. The zero-order valence-electron chi connectivity index (χ0n) is 13.5. The van der Waals surface area contributed by atoms with E-state index >= 15 is 0 Å². The largest absolute Gasteiger partial charge is 0.493 e. The Balaban J connectivity index is 2.48. The normalized spacial score (nSPS) is 10.3. The smallest absolute Gasteiger partial charge is 0.203 e. The summed E-state index contributed by atoms with van der Waals surface area (Å²) in [6.07, 6.45) is 3.71. The quantitative estimate of drug-likeness (QED) is 0.636. The lowest BCUT2D eigenvalue weighted by molar-refractivity contribution is 0.297. The van der Waals surface area contributed by atoms with Gasteiger partial charge >= 0.3 is 0 Å². The summed E-state index contributed by atoms with van der Waals surface area (Å²) >= 11 is 0. The van der Waals surface area contributed by atoms with Gasteiger partial charge in [-0.1, -0.05) is 19.8 Å². The van der Waals surface area contributed by atoms with Gasteiger partial charge in [-0.25, -0.2) is 0 Å². The predicted molar refractivity (Wildman–Crippen MR) is 84.0 cm³/mol. The molecule has 0 radical (unpaired) electrons. The van der Waals surface area contributed by atoms with Crippen LogP contribution in [0.1, 0.15) is 26.2 Å². The average molecular weight is 297 g/mol. The van der Waals surface area contributed by atoms with Crippen molar-refractivity contribution in [2.75, 3.05) is 41.0 Å². The van der Waals surface area contributed by atoms with Crippen LogP contribution in [-0.2, 0) is 0 Å². The van der Waals surface area contributed by atoms with E-state index in [-0.39, 0.29) is 0 Å². The Labute approximate surface area is 127 Å². The Morgan fingerprint density at radius 1 is 0.905 bits per heavy atom. The third-order valence-electron chi connectivity index (χ3n) is 3.14. The van der Waals surface area contributed by atoms with Gasteiger partial charge in [0.05, 0.1) is 21.3 Å². The molecule has 1 rings (SSSR count). The molecule has 1 N–H and O–H groups in total. The summed E-state index contributed by atoms with van der Waals surface area (Å²) in [7, 11) is 4.77. The minimum Gasteiger partial charge on any atom is -0.493 e. The molecule has 5 heteroatoms. The fourth-order valence-corrected chi connectivity index (χ4v) is 2.01. The molecule has 0 bridgehead atoms. The van der Waals surface area contributed by atoms with Gasteiger partial charge in [0.2, 0.25) is 5.75 Å². The first-order valence-corrected chi connectivity index (χ1v) is 7.40. The fraction of sp³-hybridized carbons (Fsp3) is 0.625. The summed E-state index contributed by atoms with van der Waals surface area (Å²) in [5.41, 5.74) is 0. The van der Waals surface area contributed by atoms with E-state index in [1.54, 1.807) is 33.5 Å². The number of benzene rings is 1. The van der Waals surface area contributed by atoms with Crippen molar-refractivity contribution in [3.63, 3.8) is 0 Å². The van der Waals surface area contributed by atoms with E-state index in [1.165, 1.54) is 19.3 Å². The van der Waals surface area contributed by atoms with Gasteiger partial charge in [0.1, 0.15) is 12.4 Å². The van der Waals surface area contributed by atoms with Crippen LogP contribution in [0, 0.1) is 0 Å². The summed E-state index contributed by atoms with van der Waals surface area (Å²) in [5, 5.41) is 3.36. The maximum Gasteiger partial charge on any atom is 0.203 e. The molecule has 0 unspecified atom stereocenters. The van der Waals surface area contributed by atoms with Gasteiger partial charge < -0.3 is 24.3 Å². The van der Waals surface area contributed by atoms with E-state index in [1.807, 2.05) is 0 Å². The van der Waals surface area contributed by atoms with Gasteiger partial charge in [0.25, 0.3) is 0 Å². The van der Waals surface area contributed by atoms with Gasteiger partial charge in [0, 0.05) is 18.7 Å². The van der Waals surface area contributed by atoms with E-state index in [0.29, 0.717) is 29.6 Å². The highest BCUT2D eigenvalue weighted by atomic mass is 16.5. The molecule has 0 spiro atoms. The number of rotatable bonds is 11. The minimum atomic E-state index is 0.574. The van der Waals surface area contributed by atoms with Crippen molar-refractivity contribution in [1.82, 2.24) is 5.32 Å². The highest BCUT2D eigenvalue weighted by molar-refractivity contribution is 5.55. The summed E-state index contributed by atoms with van der Waals surface area (Å²) in [4.78, 5) is 0. The van der Waals surface area contributed by atoms with Crippen molar-refractivity contribution >= 4 is 0 Å². The third kappa shape index (κ3) is 5.71. The van der Waals surface area contributed by atoms with Crippen LogP contribution in [0.4, 0.5) is 0 Å². The lowest BCUT2D eigenvalue weighted by atomic mass is 10.2. The molecule has 0 aliphatic rings. The second kappa shape index (κ2) is 10.2. The second-order valence-corrected chi connectivity index (χ2v) is 4.67. The number of nitrogens with one attached hydrogen (secondary N) is 1. The van der Waals surface area contributed by atoms with E-state index in [9.17, 15) is 0 Å². The summed E-state index contributed by atoms with van der Waals surface area (Å²) < 4.78 is 21.6. The average Bonchev–Trinajstić information content (AvgIpc) is 2.52. The highest BCUT2D eigenvalue weighted by Gasteiger charge is 2.13. The molecule has 0 amide bonds. The minimum absolute atomic E-state index is 0.574. The number of ether oxygens (including phenoxy) is 4. The van der Waals surface area contributed by atoms with Gasteiger partial charge in [-0.05, 0) is 13.0 Å². The Hall–Kier alpha value is -1.62. The van der Waals surface area contributed by atoms with E-state index in [0.717, 1.165) is 13.1 Å². The fourth-order valence-electron chi connectivity index (χ4n) is 2.01.